The van der Waals surface area contributed by atoms with Gasteiger partial charge >= 0.3 is 0 Å². The second-order valence-electron chi connectivity index (χ2n) is 8.78. The summed E-state index contributed by atoms with van der Waals surface area (Å²) in [6.07, 6.45) is 7.60. The van der Waals surface area contributed by atoms with E-state index in [0.717, 1.165) is 59.4 Å². The fourth-order valence-electron chi connectivity index (χ4n) is 5.15. The molecule has 5 rings (SSSR count). The van der Waals surface area contributed by atoms with Crippen molar-refractivity contribution in [2.45, 2.75) is 57.0 Å². The van der Waals surface area contributed by atoms with E-state index in [1.807, 2.05) is 34.5 Å². The van der Waals surface area contributed by atoms with Gasteiger partial charge in [-0.1, -0.05) is 37.5 Å². The van der Waals surface area contributed by atoms with E-state index >= 15 is 0 Å². The third-order valence-corrected chi connectivity index (χ3v) is 7.76. The van der Waals surface area contributed by atoms with E-state index in [2.05, 4.69) is 4.98 Å². The number of aromatic nitrogens is 2. The van der Waals surface area contributed by atoms with Crippen LogP contribution in [0.1, 0.15) is 56.0 Å². The van der Waals surface area contributed by atoms with Crippen LogP contribution in [0, 0.1) is 5.92 Å². The smallest absolute Gasteiger partial charge is 0.249 e. The molecule has 6 nitrogen and oxygen atoms in total. The number of carbonyl (C=O) groups is 1. The van der Waals surface area contributed by atoms with Crippen molar-refractivity contribution in [1.29, 1.82) is 0 Å². The first-order chi connectivity index (χ1) is 15.1. The van der Waals surface area contributed by atoms with Crippen molar-refractivity contribution in [3.05, 3.63) is 51.1 Å². The minimum Gasteiger partial charge on any atom is -0.332 e. The van der Waals surface area contributed by atoms with Crippen molar-refractivity contribution in [2.24, 2.45) is 11.7 Å². The van der Waals surface area contributed by atoms with E-state index in [4.69, 9.17) is 10.7 Å². The van der Waals surface area contributed by atoms with Gasteiger partial charge in [0.05, 0.1) is 17.8 Å². The topological polar surface area (TPSA) is 92.1 Å². The standard InChI is InChI=1S/C24H28N4O2S/c25-22(15-7-2-1-3-8-15)24(30)28-12-6-11-20(28)23-27-19(14-31-23)17-13-21(29)26-18-10-5-4-9-16(17)18/h4-5,9-10,13-15,20,22H,1-3,6-8,11-12,25H2,(H,26,29)/t20-,22-/m0/s1. The molecule has 0 spiro atoms. The van der Waals surface area contributed by atoms with Crippen molar-refractivity contribution < 1.29 is 4.79 Å². The van der Waals surface area contributed by atoms with Crippen LogP contribution in [0.5, 0.6) is 0 Å². The second-order valence-corrected chi connectivity index (χ2v) is 9.67. The Bertz CT molecular complexity index is 1150. The summed E-state index contributed by atoms with van der Waals surface area (Å²) in [5, 5.41) is 3.90. The van der Waals surface area contributed by atoms with E-state index in [-0.39, 0.29) is 17.5 Å². The van der Waals surface area contributed by atoms with Crippen LogP contribution < -0.4 is 11.3 Å². The van der Waals surface area contributed by atoms with Gasteiger partial charge in [0.15, 0.2) is 0 Å². The zero-order valence-electron chi connectivity index (χ0n) is 17.5. The molecule has 0 unspecified atom stereocenters. The molecule has 1 saturated carbocycles. The predicted molar refractivity (Wildman–Crippen MR) is 124 cm³/mol. The lowest BCUT2D eigenvalue weighted by Crippen LogP contribution is -2.47. The van der Waals surface area contributed by atoms with Crippen LogP contribution in [0.2, 0.25) is 0 Å². The van der Waals surface area contributed by atoms with E-state index in [1.165, 1.54) is 19.3 Å². The fraction of sp³-hybridized carbons (Fsp3) is 0.458. The molecule has 3 aromatic rings. The summed E-state index contributed by atoms with van der Waals surface area (Å²) >= 11 is 1.57. The summed E-state index contributed by atoms with van der Waals surface area (Å²) in [5.41, 5.74) is 8.72. The molecular formula is C24H28N4O2S. The van der Waals surface area contributed by atoms with Gasteiger partial charge in [0.1, 0.15) is 5.01 Å². The predicted octanol–water partition coefficient (Wildman–Crippen LogP) is 4.22. The molecule has 1 amide bonds. The third kappa shape index (κ3) is 3.92. The van der Waals surface area contributed by atoms with Crippen LogP contribution in [0.4, 0.5) is 0 Å². The highest BCUT2D eigenvalue weighted by Gasteiger charge is 2.37. The van der Waals surface area contributed by atoms with Crippen LogP contribution in [-0.2, 0) is 4.79 Å². The number of pyridine rings is 1. The van der Waals surface area contributed by atoms with Gasteiger partial charge in [-0.05, 0) is 37.7 Å². The van der Waals surface area contributed by atoms with Crippen LogP contribution in [0.25, 0.3) is 22.2 Å². The van der Waals surface area contributed by atoms with Gasteiger partial charge in [-0.2, -0.15) is 0 Å². The zero-order chi connectivity index (χ0) is 21.4. The molecule has 3 N–H and O–H groups in total. The maximum absolute atomic E-state index is 13.3. The summed E-state index contributed by atoms with van der Waals surface area (Å²) in [7, 11) is 0. The number of nitrogens with two attached hydrogens (primary N) is 1. The maximum Gasteiger partial charge on any atom is 0.249 e. The minimum absolute atomic E-state index is 0.0193. The Morgan fingerprint density at radius 1 is 1.16 bits per heavy atom. The fourth-order valence-corrected chi connectivity index (χ4v) is 6.12. The van der Waals surface area contributed by atoms with Crippen molar-refractivity contribution in [3.63, 3.8) is 0 Å². The molecule has 2 atom stereocenters. The first kappa shape index (κ1) is 20.4. The summed E-state index contributed by atoms with van der Waals surface area (Å²) < 4.78 is 0. The highest BCUT2D eigenvalue weighted by Crippen LogP contribution is 2.38. The number of nitrogens with one attached hydrogen (secondary N) is 1. The maximum atomic E-state index is 13.3. The number of amides is 1. The zero-order valence-corrected chi connectivity index (χ0v) is 18.4. The number of carbonyl (C=O) groups excluding carboxylic acids is 1. The lowest BCUT2D eigenvalue weighted by atomic mass is 9.83. The molecule has 0 bridgehead atoms. The van der Waals surface area contributed by atoms with E-state index in [0.29, 0.717) is 5.92 Å². The van der Waals surface area contributed by atoms with Crippen molar-refractivity contribution in [3.8, 4) is 11.3 Å². The lowest BCUT2D eigenvalue weighted by Gasteiger charge is -2.32. The molecule has 1 saturated heterocycles. The number of H-pyrrole nitrogens is 1. The monoisotopic (exact) mass is 436 g/mol. The molecule has 2 fully saturated rings. The number of para-hydroxylation sites is 1. The Kier molecular flexibility index (Phi) is 5.63. The quantitative estimate of drug-likeness (QED) is 0.640. The molecule has 162 valence electrons. The van der Waals surface area contributed by atoms with Crippen LogP contribution in [0.15, 0.2) is 40.5 Å². The molecule has 2 aliphatic rings. The molecular weight excluding hydrogens is 408 g/mol. The summed E-state index contributed by atoms with van der Waals surface area (Å²) in [6.45, 7) is 0.743. The van der Waals surface area contributed by atoms with Gasteiger partial charge in [0.25, 0.3) is 0 Å². The first-order valence-corrected chi connectivity index (χ1v) is 12.1. The average Bonchev–Trinajstić information content (AvgIpc) is 3.47. The van der Waals surface area contributed by atoms with Gasteiger partial charge in [-0.15, -0.1) is 11.3 Å². The molecule has 31 heavy (non-hydrogen) atoms. The van der Waals surface area contributed by atoms with E-state index < -0.39 is 6.04 Å². The number of aromatic amines is 1. The highest BCUT2D eigenvalue weighted by atomic mass is 32.1. The Hall–Kier alpha value is -2.51. The van der Waals surface area contributed by atoms with Crippen molar-refractivity contribution in [2.75, 3.05) is 6.54 Å². The Morgan fingerprint density at radius 3 is 2.81 bits per heavy atom. The number of nitrogens with zero attached hydrogens (tertiary/aromatic N) is 2. The number of thiazole rings is 1. The van der Waals surface area contributed by atoms with Crippen molar-refractivity contribution in [1.82, 2.24) is 14.9 Å². The van der Waals surface area contributed by atoms with E-state index in [9.17, 15) is 9.59 Å². The Labute approximate surface area is 185 Å². The number of hydrogen-bond donors (Lipinski definition) is 2. The lowest BCUT2D eigenvalue weighted by molar-refractivity contribution is -0.135. The van der Waals surface area contributed by atoms with Crippen LogP contribution >= 0.6 is 11.3 Å². The van der Waals surface area contributed by atoms with Crippen LogP contribution in [0.3, 0.4) is 0 Å². The highest BCUT2D eigenvalue weighted by molar-refractivity contribution is 7.10. The van der Waals surface area contributed by atoms with Gasteiger partial charge in [0.2, 0.25) is 11.5 Å². The Balaban J connectivity index is 1.42. The SMILES string of the molecule is N[C@H](C(=O)N1CCC[C@H]1c1nc(-c2cc(=O)[nH]c3ccccc23)cs1)C1CCCCC1. The van der Waals surface area contributed by atoms with E-state index in [1.54, 1.807) is 17.4 Å². The Morgan fingerprint density at radius 2 is 1.97 bits per heavy atom. The molecule has 1 aliphatic carbocycles. The number of hydrogen-bond acceptors (Lipinski definition) is 5. The summed E-state index contributed by atoms with van der Waals surface area (Å²) in [6, 6.07) is 8.95. The largest absolute Gasteiger partial charge is 0.332 e. The number of benzene rings is 1. The average molecular weight is 437 g/mol. The minimum atomic E-state index is -0.406. The summed E-state index contributed by atoms with van der Waals surface area (Å²) in [5.74, 6) is 0.379. The van der Waals surface area contributed by atoms with Gasteiger partial charge in [-0.3, -0.25) is 9.59 Å². The second kappa shape index (κ2) is 8.55. The van der Waals surface area contributed by atoms with Gasteiger partial charge in [-0.25, -0.2) is 4.98 Å². The molecule has 3 heterocycles. The van der Waals surface area contributed by atoms with Crippen LogP contribution in [-0.4, -0.2) is 33.4 Å². The first-order valence-electron chi connectivity index (χ1n) is 11.3. The molecule has 1 aromatic carbocycles. The number of likely N-dealkylation sites (tertiary alicyclic amines) is 1. The number of rotatable bonds is 4. The molecule has 1 aliphatic heterocycles. The van der Waals surface area contributed by atoms with Gasteiger partial charge in [0, 0.05) is 34.5 Å². The number of fused-ring (bicyclic) bond motifs is 1. The van der Waals surface area contributed by atoms with Crippen molar-refractivity contribution >= 4 is 28.1 Å². The van der Waals surface area contributed by atoms with Gasteiger partial charge < -0.3 is 15.6 Å². The molecule has 2 aromatic heterocycles. The molecule has 7 heteroatoms. The third-order valence-electron chi connectivity index (χ3n) is 6.81. The summed E-state index contributed by atoms with van der Waals surface area (Å²) in [4.78, 5) is 35.1. The molecule has 0 radical (unpaired) electrons. The normalized spacial score (nSPS) is 20.9.